The number of quaternary nitrogens is 1. The van der Waals surface area contributed by atoms with Crippen molar-refractivity contribution in [3.05, 3.63) is 59.9 Å². The fourth-order valence-electron chi connectivity index (χ4n) is 3.20. The van der Waals surface area contributed by atoms with Gasteiger partial charge in [-0.1, -0.05) is 29.8 Å². The van der Waals surface area contributed by atoms with E-state index in [1.807, 2.05) is 43.3 Å². The molecule has 0 aromatic heterocycles. The summed E-state index contributed by atoms with van der Waals surface area (Å²) in [5.74, 6) is 0.613. The molecule has 4 nitrogen and oxygen atoms in total. The first-order valence-corrected chi connectivity index (χ1v) is 8.82. The summed E-state index contributed by atoms with van der Waals surface area (Å²) in [6.07, 6.45) is -0.503. The van der Waals surface area contributed by atoms with Crippen molar-refractivity contribution in [2.24, 2.45) is 0 Å². The minimum absolute atomic E-state index is 0.169. The summed E-state index contributed by atoms with van der Waals surface area (Å²) < 4.78 is 19.5. The Hall–Kier alpha value is -2.11. The number of nitrogens with one attached hydrogen (secondary N) is 1. The molecule has 1 saturated heterocycles. The molecule has 25 heavy (non-hydrogen) atoms. The summed E-state index contributed by atoms with van der Waals surface area (Å²) in [5, 5.41) is 10.2. The number of aliphatic hydroxyl groups excluding tert-OH is 1. The van der Waals surface area contributed by atoms with Gasteiger partial charge in [0.2, 0.25) is 0 Å². The molecule has 0 unspecified atom stereocenters. The molecular formula is C20H26FN2O2+. The molecule has 0 bridgehead atoms. The molecule has 1 heterocycles. The number of aliphatic hydroxyl groups is 1. The van der Waals surface area contributed by atoms with Crippen molar-refractivity contribution in [1.82, 2.24) is 0 Å². The van der Waals surface area contributed by atoms with Gasteiger partial charge >= 0.3 is 0 Å². The minimum Gasteiger partial charge on any atom is -0.491 e. The molecule has 0 saturated carbocycles. The molecule has 1 atom stereocenters. The SMILES string of the molecule is Cc1ccc(OC[C@@H](O)C[NH+]2CCN(c3ccccc3F)CC2)cc1. The number of halogens is 1. The van der Waals surface area contributed by atoms with Crippen molar-refractivity contribution in [2.75, 3.05) is 44.2 Å². The maximum Gasteiger partial charge on any atom is 0.146 e. The van der Waals surface area contributed by atoms with Gasteiger partial charge in [0.15, 0.2) is 0 Å². The van der Waals surface area contributed by atoms with Crippen LogP contribution in [0.1, 0.15) is 5.56 Å². The molecule has 0 amide bonds. The number of rotatable bonds is 6. The van der Waals surface area contributed by atoms with E-state index < -0.39 is 6.10 Å². The highest BCUT2D eigenvalue weighted by Gasteiger charge is 2.24. The Morgan fingerprint density at radius 1 is 1.12 bits per heavy atom. The highest BCUT2D eigenvalue weighted by Crippen LogP contribution is 2.18. The van der Waals surface area contributed by atoms with E-state index in [0.29, 0.717) is 18.8 Å². The lowest BCUT2D eigenvalue weighted by Gasteiger charge is -2.34. The first-order valence-electron chi connectivity index (χ1n) is 8.82. The van der Waals surface area contributed by atoms with Crippen LogP contribution in [0, 0.1) is 12.7 Å². The van der Waals surface area contributed by atoms with Gasteiger partial charge in [0.25, 0.3) is 0 Å². The Labute approximate surface area is 148 Å². The van der Waals surface area contributed by atoms with E-state index in [4.69, 9.17) is 4.74 Å². The molecule has 2 aromatic rings. The molecular weight excluding hydrogens is 319 g/mol. The number of ether oxygens (including phenoxy) is 1. The first kappa shape index (κ1) is 17.7. The Morgan fingerprint density at radius 2 is 1.80 bits per heavy atom. The van der Waals surface area contributed by atoms with Gasteiger partial charge in [0, 0.05) is 0 Å². The highest BCUT2D eigenvalue weighted by molar-refractivity contribution is 5.47. The van der Waals surface area contributed by atoms with Crippen LogP contribution in [0.3, 0.4) is 0 Å². The van der Waals surface area contributed by atoms with Gasteiger partial charge < -0.3 is 19.6 Å². The Kier molecular flexibility index (Phi) is 5.89. The molecule has 1 aliphatic rings. The van der Waals surface area contributed by atoms with Gasteiger partial charge in [0.05, 0.1) is 31.9 Å². The Bertz CT molecular complexity index is 670. The molecule has 1 fully saturated rings. The summed E-state index contributed by atoms with van der Waals surface area (Å²) in [4.78, 5) is 3.40. The van der Waals surface area contributed by atoms with E-state index in [2.05, 4.69) is 4.90 Å². The topological polar surface area (TPSA) is 37.1 Å². The van der Waals surface area contributed by atoms with E-state index in [9.17, 15) is 9.50 Å². The van der Waals surface area contributed by atoms with Crippen LogP contribution in [0.5, 0.6) is 5.75 Å². The van der Waals surface area contributed by atoms with Gasteiger partial charge in [-0.05, 0) is 31.2 Å². The van der Waals surface area contributed by atoms with E-state index in [1.54, 1.807) is 6.07 Å². The minimum atomic E-state index is -0.503. The molecule has 5 heteroatoms. The fraction of sp³-hybridized carbons (Fsp3) is 0.400. The molecule has 1 aliphatic heterocycles. The van der Waals surface area contributed by atoms with Crippen LogP contribution in [0.2, 0.25) is 0 Å². The van der Waals surface area contributed by atoms with E-state index in [0.717, 1.165) is 31.9 Å². The number of aryl methyl sites for hydroxylation is 1. The second-order valence-corrected chi connectivity index (χ2v) is 6.67. The third-order valence-corrected chi connectivity index (χ3v) is 4.65. The van der Waals surface area contributed by atoms with Crippen LogP contribution in [0.25, 0.3) is 0 Å². The molecule has 3 rings (SSSR count). The second-order valence-electron chi connectivity index (χ2n) is 6.67. The monoisotopic (exact) mass is 345 g/mol. The van der Waals surface area contributed by atoms with Gasteiger partial charge in [-0.3, -0.25) is 0 Å². The number of hydrogen-bond donors (Lipinski definition) is 2. The van der Waals surface area contributed by atoms with Crippen molar-refractivity contribution in [1.29, 1.82) is 0 Å². The van der Waals surface area contributed by atoms with Crippen LogP contribution in [-0.4, -0.2) is 50.5 Å². The van der Waals surface area contributed by atoms with Crippen LogP contribution < -0.4 is 14.5 Å². The number of anilines is 1. The first-order chi connectivity index (χ1) is 12.1. The Balaban J connectivity index is 1.42. The fourth-order valence-corrected chi connectivity index (χ4v) is 3.20. The van der Waals surface area contributed by atoms with Crippen molar-refractivity contribution in [2.45, 2.75) is 13.0 Å². The lowest BCUT2D eigenvalue weighted by molar-refractivity contribution is -0.903. The summed E-state index contributed by atoms with van der Waals surface area (Å²) in [6.45, 7) is 6.33. The zero-order chi connectivity index (χ0) is 17.6. The molecule has 134 valence electrons. The predicted octanol–water partition coefficient (Wildman–Crippen LogP) is 1.28. The van der Waals surface area contributed by atoms with Crippen molar-refractivity contribution in [3.8, 4) is 5.75 Å². The standard InChI is InChI=1S/C20H25FN2O2/c1-16-6-8-18(9-7-16)25-15-17(24)14-22-10-12-23(13-11-22)20-5-3-2-4-19(20)21/h2-9,17,24H,10-15H2,1H3/p+1/t17-/m0/s1. The third kappa shape index (κ3) is 4.94. The maximum absolute atomic E-state index is 13.9. The molecule has 0 spiro atoms. The average Bonchev–Trinajstić information content (AvgIpc) is 2.62. The smallest absolute Gasteiger partial charge is 0.146 e. The highest BCUT2D eigenvalue weighted by atomic mass is 19.1. The number of hydrogen-bond acceptors (Lipinski definition) is 3. The van der Waals surface area contributed by atoms with E-state index >= 15 is 0 Å². The normalized spacial score (nSPS) is 16.7. The zero-order valence-corrected chi connectivity index (χ0v) is 14.6. The average molecular weight is 345 g/mol. The largest absolute Gasteiger partial charge is 0.491 e. The van der Waals surface area contributed by atoms with Gasteiger partial charge in [-0.25, -0.2) is 4.39 Å². The molecule has 2 N–H and O–H groups in total. The summed E-state index contributed by atoms with van der Waals surface area (Å²) in [5.41, 5.74) is 1.86. The van der Waals surface area contributed by atoms with Crippen LogP contribution in [-0.2, 0) is 0 Å². The number of benzene rings is 2. The van der Waals surface area contributed by atoms with E-state index in [1.165, 1.54) is 16.5 Å². The quantitative estimate of drug-likeness (QED) is 0.828. The third-order valence-electron chi connectivity index (χ3n) is 4.65. The van der Waals surface area contributed by atoms with Gasteiger partial charge in [0.1, 0.15) is 30.8 Å². The summed E-state index contributed by atoms with van der Waals surface area (Å²) >= 11 is 0. The zero-order valence-electron chi connectivity index (χ0n) is 14.6. The molecule has 0 radical (unpaired) electrons. The Morgan fingerprint density at radius 3 is 2.48 bits per heavy atom. The van der Waals surface area contributed by atoms with Crippen molar-refractivity contribution >= 4 is 5.69 Å². The lowest BCUT2D eigenvalue weighted by Crippen LogP contribution is -3.16. The lowest BCUT2D eigenvalue weighted by atomic mass is 10.2. The number of piperazine rings is 1. The van der Waals surface area contributed by atoms with Gasteiger partial charge in [-0.15, -0.1) is 0 Å². The van der Waals surface area contributed by atoms with Crippen LogP contribution >= 0.6 is 0 Å². The van der Waals surface area contributed by atoms with E-state index in [-0.39, 0.29) is 5.82 Å². The van der Waals surface area contributed by atoms with Crippen molar-refractivity contribution < 1.29 is 19.1 Å². The van der Waals surface area contributed by atoms with Crippen molar-refractivity contribution in [3.63, 3.8) is 0 Å². The maximum atomic E-state index is 13.9. The predicted molar refractivity (Wildman–Crippen MR) is 96.9 cm³/mol. The second kappa shape index (κ2) is 8.32. The molecule has 0 aliphatic carbocycles. The number of nitrogens with zero attached hydrogens (tertiary/aromatic N) is 1. The van der Waals surface area contributed by atoms with Crippen LogP contribution in [0.15, 0.2) is 48.5 Å². The summed E-state index contributed by atoms with van der Waals surface area (Å²) in [6, 6.07) is 14.7. The number of para-hydroxylation sites is 1. The summed E-state index contributed by atoms with van der Waals surface area (Å²) in [7, 11) is 0. The van der Waals surface area contributed by atoms with Crippen LogP contribution in [0.4, 0.5) is 10.1 Å². The van der Waals surface area contributed by atoms with Gasteiger partial charge in [-0.2, -0.15) is 0 Å². The molecule has 2 aromatic carbocycles.